The first kappa shape index (κ1) is 19.8. The second kappa shape index (κ2) is 7.98. The van der Waals surface area contributed by atoms with Crippen molar-refractivity contribution in [3.63, 3.8) is 0 Å². The molecule has 0 aliphatic heterocycles. The van der Waals surface area contributed by atoms with Crippen LogP contribution in [0.25, 0.3) is 5.82 Å². The molecule has 0 unspecified atom stereocenters. The zero-order valence-electron chi connectivity index (χ0n) is 14.4. The number of halogens is 3. The zero-order valence-corrected chi connectivity index (χ0v) is 15.2. The van der Waals surface area contributed by atoms with E-state index in [4.69, 9.17) is 0 Å². The summed E-state index contributed by atoms with van der Waals surface area (Å²) < 4.78 is 66.7. The third kappa shape index (κ3) is 4.87. The van der Waals surface area contributed by atoms with Crippen LogP contribution in [0.5, 0.6) is 0 Å². The predicted molar refractivity (Wildman–Crippen MR) is 96.5 cm³/mol. The van der Waals surface area contributed by atoms with Gasteiger partial charge in [-0.05, 0) is 30.3 Å². The Balaban J connectivity index is 1.59. The lowest BCUT2D eigenvalue weighted by Crippen LogP contribution is -2.29. The molecule has 3 rings (SSSR count). The highest BCUT2D eigenvalue weighted by molar-refractivity contribution is 7.89. The van der Waals surface area contributed by atoms with Crippen molar-refractivity contribution in [3.8, 4) is 5.82 Å². The van der Waals surface area contributed by atoms with E-state index in [0.29, 0.717) is 17.7 Å². The Kier molecular flexibility index (Phi) is 5.66. The molecule has 0 spiro atoms. The molecular formula is C17H16F3N5O2S. The lowest BCUT2D eigenvalue weighted by Gasteiger charge is -2.11. The molecule has 0 saturated carbocycles. The van der Waals surface area contributed by atoms with Crippen LogP contribution in [-0.2, 0) is 16.2 Å². The molecule has 2 N–H and O–H groups in total. The number of benzene rings is 1. The maximum Gasteiger partial charge on any atom is 0.416 e. The van der Waals surface area contributed by atoms with Crippen molar-refractivity contribution in [1.29, 1.82) is 0 Å². The van der Waals surface area contributed by atoms with Gasteiger partial charge in [0.1, 0.15) is 18.0 Å². The standard InChI is InChI=1S/C17H16F3N5O2S/c18-17(19,20)13-4-3-5-14(10-13)28(26,27)24-7-6-21-15-11-16(23-12-22-15)25-8-1-2-9-25/h1-5,8-12,24H,6-7H2,(H,21,22,23). The number of rotatable bonds is 7. The lowest BCUT2D eigenvalue weighted by atomic mass is 10.2. The van der Waals surface area contributed by atoms with E-state index in [1.165, 1.54) is 6.33 Å². The normalized spacial score (nSPS) is 12.1. The maximum atomic E-state index is 12.7. The summed E-state index contributed by atoms with van der Waals surface area (Å²) in [6.45, 7) is 0.141. The highest BCUT2D eigenvalue weighted by Crippen LogP contribution is 2.30. The van der Waals surface area contributed by atoms with E-state index in [9.17, 15) is 21.6 Å². The van der Waals surface area contributed by atoms with Crippen LogP contribution in [0.3, 0.4) is 0 Å². The second-order valence-corrected chi connectivity index (χ2v) is 7.47. The Bertz CT molecular complexity index is 1040. The molecule has 148 valence electrons. The van der Waals surface area contributed by atoms with Crippen LogP contribution in [0.15, 0.2) is 66.1 Å². The van der Waals surface area contributed by atoms with E-state index in [1.807, 2.05) is 24.5 Å². The van der Waals surface area contributed by atoms with Crippen molar-refractivity contribution >= 4 is 15.8 Å². The van der Waals surface area contributed by atoms with Crippen molar-refractivity contribution < 1.29 is 21.6 Å². The first-order valence-corrected chi connectivity index (χ1v) is 9.60. The Labute approximate surface area is 159 Å². The molecule has 0 atom stereocenters. The average Bonchev–Trinajstić information content (AvgIpc) is 3.20. The predicted octanol–water partition coefficient (Wildman–Crippen LogP) is 2.68. The van der Waals surface area contributed by atoms with Crippen LogP contribution in [-0.4, -0.2) is 36.0 Å². The summed E-state index contributed by atoms with van der Waals surface area (Å²) >= 11 is 0. The third-order valence-electron chi connectivity index (χ3n) is 3.72. The summed E-state index contributed by atoms with van der Waals surface area (Å²) in [5.74, 6) is 1.11. The topological polar surface area (TPSA) is 88.9 Å². The molecule has 0 saturated heterocycles. The summed E-state index contributed by atoms with van der Waals surface area (Å²) in [5, 5.41) is 2.94. The van der Waals surface area contributed by atoms with Gasteiger partial charge < -0.3 is 9.88 Å². The van der Waals surface area contributed by atoms with Crippen molar-refractivity contribution in [1.82, 2.24) is 19.3 Å². The summed E-state index contributed by atoms with van der Waals surface area (Å²) in [6.07, 6.45) is 0.382. The first-order chi connectivity index (χ1) is 13.3. The first-order valence-electron chi connectivity index (χ1n) is 8.12. The van der Waals surface area contributed by atoms with E-state index in [2.05, 4.69) is 20.0 Å². The molecule has 1 aromatic carbocycles. The summed E-state index contributed by atoms with van der Waals surface area (Å²) in [5.41, 5.74) is -1.02. The quantitative estimate of drug-likeness (QED) is 0.584. The number of hydrogen-bond acceptors (Lipinski definition) is 5. The van der Waals surface area contributed by atoms with Gasteiger partial charge in [-0.2, -0.15) is 13.2 Å². The zero-order chi connectivity index (χ0) is 20.2. The van der Waals surface area contributed by atoms with E-state index in [0.717, 1.165) is 18.2 Å². The second-order valence-electron chi connectivity index (χ2n) is 5.70. The van der Waals surface area contributed by atoms with Gasteiger partial charge >= 0.3 is 6.18 Å². The van der Waals surface area contributed by atoms with Gasteiger partial charge in [0, 0.05) is 31.5 Å². The number of anilines is 1. The smallest absolute Gasteiger partial charge is 0.369 e. The summed E-state index contributed by atoms with van der Waals surface area (Å²) in [4.78, 5) is 7.72. The van der Waals surface area contributed by atoms with Crippen LogP contribution < -0.4 is 10.0 Å². The molecule has 2 heterocycles. The van der Waals surface area contributed by atoms with E-state index >= 15 is 0 Å². The maximum absolute atomic E-state index is 12.7. The number of hydrogen-bond donors (Lipinski definition) is 2. The van der Waals surface area contributed by atoms with Crippen molar-refractivity contribution in [2.45, 2.75) is 11.1 Å². The SMILES string of the molecule is O=S(=O)(NCCNc1cc(-n2cccc2)ncn1)c1cccc(C(F)(F)F)c1. The van der Waals surface area contributed by atoms with Crippen molar-refractivity contribution in [2.24, 2.45) is 0 Å². The Morgan fingerprint density at radius 1 is 1.00 bits per heavy atom. The fourth-order valence-electron chi connectivity index (χ4n) is 2.37. The minimum atomic E-state index is -4.61. The number of aromatic nitrogens is 3. The Morgan fingerprint density at radius 3 is 2.46 bits per heavy atom. The van der Waals surface area contributed by atoms with Crippen molar-refractivity contribution in [3.05, 3.63) is 66.7 Å². The van der Waals surface area contributed by atoms with Crippen LogP contribution in [0, 0.1) is 0 Å². The molecule has 3 aromatic rings. The van der Waals surface area contributed by atoms with Gasteiger partial charge in [-0.25, -0.2) is 23.1 Å². The molecular weight excluding hydrogens is 395 g/mol. The van der Waals surface area contributed by atoms with Gasteiger partial charge in [0.2, 0.25) is 10.0 Å². The van der Waals surface area contributed by atoms with E-state index < -0.39 is 26.7 Å². The minimum Gasteiger partial charge on any atom is -0.369 e. The van der Waals surface area contributed by atoms with Gasteiger partial charge in [0.05, 0.1) is 10.5 Å². The monoisotopic (exact) mass is 411 g/mol. The molecule has 0 bridgehead atoms. The number of sulfonamides is 1. The fraction of sp³-hybridized carbons (Fsp3) is 0.176. The minimum absolute atomic E-state index is 0.0402. The van der Waals surface area contributed by atoms with Crippen LogP contribution in [0.2, 0.25) is 0 Å². The van der Waals surface area contributed by atoms with Gasteiger partial charge in [0.25, 0.3) is 0 Å². The molecule has 0 radical (unpaired) electrons. The summed E-state index contributed by atoms with van der Waals surface area (Å²) in [7, 11) is -4.07. The molecule has 2 aromatic heterocycles. The van der Waals surface area contributed by atoms with Gasteiger partial charge in [-0.1, -0.05) is 6.07 Å². The van der Waals surface area contributed by atoms with E-state index in [-0.39, 0.29) is 13.1 Å². The molecule has 28 heavy (non-hydrogen) atoms. The van der Waals surface area contributed by atoms with Gasteiger partial charge in [-0.15, -0.1) is 0 Å². The third-order valence-corrected chi connectivity index (χ3v) is 5.18. The van der Waals surface area contributed by atoms with Crippen LogP contribution in [0.1, 0.15) is 5.56 Å². The van der Waals surface area contributed by atoms with Crippen LogP contribution in [0.4, 0.5) is 19.0 Å². The number of nitrogens with zero attached hydrogens (tertiary/aromatic N) is 3. The summed E-state index contributed by atoms with van der Waals surface area (Å²) in [6, 6.07) is 8.95. The highest BCUT2D eigenvalue weighted by atomic mass is 32.2. The highest BCUT2D eigenvalue weighted by Gasteiger charge is 2.31. The molecule has 11 heteroatoms. The molecule has 7 nitrogen and oxygen atoms in total. The molecule has 0 amide bonds. The van der Waals surface area contributed by atoms with Crippen LogP contribution >= 0.6 is 0 Å². The number of alkyl halides is 3. The van der Waals surface area contributed by atoms with Gasteiger partial charge in [-0.3, -0.25) is 0 Å². The average molecular weight is 411 g/mol. The molecule has 0 fully saturated rings. The lowest BCUT2D eigenvalue weighted by molar-refractivity contribution is -0.137. The largest absolute Gasteiger partial charge is 0.416 e. The Morgan fingerprint density at radius 2 is 1.75 bits per heavy atom. The van der Waals surface area contributed by atoms with E-state index in [1.54, 1.807) is 10.6 Å². The molecule has 0 aliphatic carbocycles. The molecule has 0 aliphatic rings. The van der Waals surface area contributed by atoms with Crippen molar-refractivity contribution in [2.75, 3.05) is 18.4 Å². The fourth-order valence-corrected chi connectivity index (χ4v) is 3.45. The van der Waals surface area contributed by atoms with Gasteiger partial charge in [0.15, 0.2) is 0 Å². The number of nitrogens with one attached hydrogen (secondary N) is 2. The Hall–Kier alpha value is -2.92.